The Bertz CT molecular complexity index is 901. The van der Waals surface area contributed by atoms with E-state index in [9.17, 15) is 14.7 Å². The van der Waals surface area contributed by atoms with Crippen molar-refractivity contribution in [3.05, 3.63) is 47.3 Å². The van der Waals surface area contributed by atoms with Crippen molar-refractivity contribution in [1.29, 1.82) is 0 Å². The average Bonchev–Trinajstić information content (AvgIpc) is 2.62. The Morgan fingerprint density at radius 3 is 2.73 bits per heavy atom. The Hall–Kier alpha value is -2.73. The van der Waals surface area contributed by atoms with E-state index in [-0.39, 0.29) is 11.3 Å². The zero-order valence-corrected chi connectivity index (χ0v) is 14.5. The van der Waals surface area contributed by atoms with Crippen LogP contribution in [-0.2, 0) is 0 Å². The molecule has 1 aromatic heterocycles. The van der Waals surface area contributed by atoms with E-state index >= 15 is 0 Å². The van der Waals surface area contributed by atoms with Crippen molar-refractivity contribution in [2.24, 2.45) is 0 Å². The minimum absolute atomic E-state index is 0.0773. The molecule has 1 saturated heterocycles. The number of aromatic carboxylic acids is 1. The van der Waals surface area contributed by atoms with Gasteiger partial charge in [-0.05, 0) is 43.8 Å². The number of rotatable bonds is 2. The van der Waals surface area contributed by atoms with Crippen molar-refractivity contribution < 1.29 is 19.4 Å². The van der Waals surface area contributed by atoms with Crippen molar-refractivity contribution in [3.8, 4) is 16.9 Å². The highest BCUT2D eigenvalue weighted by molar-refractivity contribution is 6.01. The standard InChI is InChI=1S/C20H20N2O4/c1-12-15(19(24)25)9-14(11-22-12)13-2-3-18-16(8-13)17(23)10-20(26-18)4-6-21-7-5-20/h2-3,8-9,11,21H,4-7,10H2,1H3,(H,24,25). The molecule has 6 nitrogen and oxygen atoms in total. The highest BCUT2D eigenvalue weighted by atomic mass is 16.5. The Morgan fingerprint density at radius 2 is 2.00 bits per heavy atom. The molecule has 1 aromatic carbocycles. The van der Waals surface area contributed by atoms with E-state index in [1.807, 2.05) is 12.1 Å². The number of aryl methyl sites for hydroxylation is 1. The van der Waals surface area contributed by atoms with E-state index < -0.39 is 11.6 Å². The topological polar surface area (TPSA) is 88.5 Å². The minimum Gasteiger partial charge on any atom is -0.486 e. The van der Waals surface area contributed by atoms with Gasteiger partial charge in [0.15, 0.2) is 5.78 Å². The lowest BCUT2D eigenvalue weighted by atomic mass is 9.82. The van der Waals surface area contributed by atoms with E-state index in [2.05, 4.69) is 10.3 Å². The summed E-state index contributed by atoms with van der Waals surface area (Å²) in [5.74, 6) is -0.318. The summed E-state index contributed by atoms with van der Waals surface area (Å²) < 4.78 is 6.23. The van der Waals surface area contributed by atoms with Gasteiger partial charge in [-0.15, -0.1) is 0 Å². The van der Waals surface area contributed by atoms with Crippen LogP contribution in [0.5, 0.6) is 5.75 Å². The number of piperidine rings is 1. The van der Waals surface area contributed by atoms with Crippen LogP contribution in [0.4, 0.5) is 0 Å². The fourth-order valence-electron chi connectivity index (χ4n) is 3.74. The van der Waals surface area contributed by atoms with Gasteiger partial charge in [-0.25, -0.2) is 4.79 Å². The molecule has 0 saturated carbocycles. The van der Waals surface area contributed by atoms with Crippen molar-refractivity contribution in [1.82, 2.24) is 10.3 Å². The van der Waals surface area contributed by atoms with Crippen molar-refractivity contribution in [2.45, 2.75) is 31.8 Å². The Morgan fingerprint density at radius 1 is 1.23 bits per heavy atom. The van der Waals surface area contributed by atoms with Crippen LogP contribution in [0.1, 0.15) is 45.7 Å². The van der Waals surface area contributed by atoms with Crippen LogP contribution in [0, 0.1) is 6.92 Å². The molecule has 2 N–H and O–H groups in total. The predicted molar refractivity (Wildman–Crippen MR) is 95.8 cm³/mol. The van der Waals surface area contributed by atoms with Gasteiger partial charge in [0.1, 0.15) is 11.4 Å². The van der Waals surface area contributed by atoms with Gasteiger partial charge in [0, 0.05) is 24.6 Å². The number of pyridine rings is 1. The molecule has 6 heteroatoms. The van der Waals surface area contributed by atoms with Gasteiger partial charge in [-0.3, -0.25) is 9.78 Å². The second-order valence-electron chi connectivity index (χ2n) is 7.01. The van der Waals surface area contributed by atoms with E-state index in [4.69, 9.17) is 4.74 Å². The predicted octanol–water partition coefficient (Wildman–Crippen LogP) is 2.84. The van der Waals surface area contributed by atoms with Crippen LogP contribution in [0.15, 0.2) is 30.5 Å². The van der Waals surface area contributed by atoms with Crippen molar-refractivity contribution >= 4 is 11.8 Å². The number of benzene rings is 1. The second-order valence-corrected chi connectivity index (χ2v) is 7.01. The van der Waals surface area contributed by atoms with E-state index in [0.29, 0.717) is 29.0 Å². The number of carboxylic acids is 1. The quantitative estimate of drug-likeness (QED) is 0.864. The smallest absolute Gasteiger partial charge is 0.337 e. The molecule has 0 aliphatic carbocycles. The lowest BCUT2D eigenvalue weighted by molar-refractivity contribution is 0.0187. The summed E-state index contributed by atoms with van der Waals surface area (Å²) in [7, 11) is 0. The normalized spacial score (nSPS) is 18.3. The van der Waals surface area contributed by atoms with Gasteiger partial charge in [0.25, 0.3) is 0 Å². The molecular weight excluding hydrogens is 332 g/mol. The largest absolute Gasteiger partial charge is 0.486 e. The highest BCUT2D eigenvalue weighted by Crippen LogP contribution is 2.39. The van der Waals surface area contributed by atoms with E-state index in [1.165, 1.54) is 0 Å². The Kier molecular flexibility index (Phi) is 4.00. The van der Waals surface area contributed by atoms with Crippen LogP contribution in [0.25, 0.3) is 11.1 Å². The Labute approximate surface area is 151 Å². The molecule has 2 aromatic rings. The molecule has 2 aliphatic rings. The number of carbonyl (C=O) groups excluding carboxylic acids is 1. The molecule has 134 valence electrons. The molecule has 0 unspecified atom stereocenters. The summed E-state index contributed by atoms with van der Waals surface area (Å²) in [4.78, 5) is 28.3. The summed E-state index contributed by atoms with van der Waals surface area (Å²) in [5.41, 5.74) is 2.23. The fourth-order valence-corrected chi connectivity index (χ4v) is 3.74. The molecule has 0 radical (unpaired) electrons. The number of ketones is 1. The first-order valence-electron chi connectivity index (χ1n) is 8.75. The first-order chi connectivity index (χ1) is 12.5. The zero-order valence-electron chi connectivity index (χ0n) is 14.5. The maximum atomic E-state index is 12.8. The fraction of sp³-hybridized carbons (Fsp3) is 0.350. The van der Waals surface area contributed by atoms with Crippen LogP contribution >= 0.6 is 0 Å². The van der Waals surface area contributed by atoms with Gasteiger partial charge in [0.05, 0.1) is 23.2 Å². The number of aromatic nitrogens is 1. The highest BCUT2D eigenvalue weighted by Gasteiger charge is 2.41. The minimum atomic E-state index is -1.01. The third-order valence-corrected chi connectivity index (χ3v) is 5.25. The number of Topliss-reactive ketones (excluding diaryl/α,β-unsaturated/α-hetero) is 1. The summed E-state index contributed by atoms with van der Waals surface area (Å²) in [6, 6.07) is 7.04. The number of hydrogen-bond donors (Lipinski definition) is 2. The molecule has 1 spiro atoms. The number of nitrogens with one attached hydrogen (secondary N) is 1. The molecule has 1 fully saturated rings. The summed E-state index contributed by atoms with van der Waals surface area (Å²) in [5, 5.41) is 12.6. The third-order valence-electron chi connectivity index (χ3n) is 5.25. The molecular formula is C20H20N2O4. The van der Waals surface area contributed by atoms with E-state index in [0.717, 1.165) is 31.5 Å². The number of nitrogens with zero attached hydrogens (tertiary/aromatic N) is 1. The number of ether oxygens (including phenoxy) is 1. The molecule has 0 bridgehead atoms. The van der Waals surface area contributed by atoms with Gasteiger partial charge in [-0.1, -0.05) is 6.07 Å². The van der Waals surface area contributed by atoms with Gasteiger partial charge >= 0.3 is 5.97 Å². The number of fused-ring (bicyclic) bond motifs is 1. The number of hydrogen-bond acceptors (Lipinski definition) is 5. The molecule has 4 rings (SSSR count). The van der Waals surface area contributed by atoms with Crippen molar-refractivity contribution in [2.75, 3.05) is 13.1 Å². The maximum absolute atomic E-state index is 12.8. The van der Waals surface area contributed by atoms with Crippen LogP contribution < -0.4 is 10.1 Å². The first kappa shape index (κ1) is 16.7. The summed E-state index contributed by atoms with van der Waals surface area (Å²) in [6.07, 6.45) is 3.66. The maximum Gasteiger partial charge on any atom is 0.337 e. The van der Waals surface area contributed by atoms with Crippen molar-refractivity contribution in [3.63, 3.8) is 0 Å². The summed E-state index contributed by atoms with van der Waals surface area (Å²) in [6.45, 7) is 3.37. The van der Waals surface area contributed by atoms with E-state index in [1.54, 1.807) is 25.3 Å². The lowest BCUT2D eigenvalue weighted by Crippen LogP contribution is -2.49. The van der Waals surface area contributed by atoms with Crippen LogP contribution in [0.2, 0.25) is 0 Å². The second kappa shape index (κ2) is 6.21. The number of carboxylic acid groups (broad SMARTS) is 1. The lowest BCUT2D eigenvalue weighted by Gasteiger charge is -2.41. The van der Waals surface area contributed by atoms with Crippen LogP contribution in [0.3, 0.4) is 0 Å². The SMILES string of the molecule is Cc1ncc(-c2ccc3c(c2)C(=O)CC2(CCNCC2)O3)cc1C(=O)O. The molecule has 0 atom stereocenters. The van der Waals surface area contributed by atoms with Crippen LogP contribution in [-0.4, -0.2) is 40.5 Å². The molecule has 2 aliphatic heterocycles. The van der Waals surface area contributed by atoms with Gasteiger partial charge in [-0.2, -0.15) is 0 Å². The Balaban J connectivity index is 1.70. The first-order valence-corrected chi connectivity index (χ1v) is 8.75. The number of carbonyl (C=O) groups is 2. The molecule has 26 heavy (non-hydrogen) atoms. The zero-order chi connectivity index (χ0) is 18.3. The monoisotopic (exact) mass is 352 g/mol. The molecule has 0 amide bonds. The molecule has 3 heterocycles. The third kappa shape index (κ3) is 2.86. The van der Waals surface area contributed by atoms with Gasteiger partial charge < -0.3 is 15.2 Å². The average molecular weight is 352 g/mol. The van der Waals surface area contributed by atoms with Gasteiger partial charge in [0.2, 0.25) is 0 Å². The summed E-state index contributed by atoms with van der Waals surface area (Å²) >= 11 is 0.